The molecule has 6 heteroatoms. The Hall–Kier alpha value is -1.92. The predicted octanol–water partition coefficient (Wildman–Crippen LogP) is 3.40. The van der Waals surface area contributed by atoms with E-state index in [1.807, 2.05) is 0 Å². The van der Waals surface area contributed by atoms with Crippen LogP contribution in [0.25, 0.3) is 0 Å². The number of carbonyl (C=O) groups excluding carboxylic acids is 1. The molecule has 0 saturated heterocycles. The number of hydrogen-bond acceptors (Lipinski definition) is 3. The molecule has 2 rings (SSSR count). The maximum absolute atomic E-state index is 13.4. The van der Waals surface area contributed by atoms with Crippen LogP contribution >= 0.6 is 15.9 Å². The standard InChI is InChI=1S/C17H17BrFNO3/c1-20(17(22)12-6-13(18)9-14(19)7-12)10-16(21)11-4-3-5-15(8-11)23-2/h3-9,16,21H,10H2,1-2H3. The summed E-state index contributed by atoms with van der Waals surface area (Å²) in [5.74, 6) is -0.235. The van der Waals surface area contributed by atoms with E-state index in [0.29, 0.717) is 15.8 Å². The predicted molar refractivity (Wildman–Crippen MR) is 89.0 cm³/mol. The Labute approximate surface area is 142 Å². The van der Waals surface area contributed by atoms with Gasteiger partial charge in [-0.3, -0.25) is 4.79 Å². The molecular formula is C17H17BrFNO3. The summed E-state index contributed by atoms with van der Waals surface area (Å²) >= 11 is 3.16. The highest BCUT2D eigenvalue weighted by Gasteiger charge is 2.18. The number of likely N-dealkylation sites (N-methyl/N-ethyl adjacent to an activating group) is 1. The minimum atomic E-state index is -0.865. The van der Waals surface area contributed by atoms with Crippen LogP contribution in [-0.2, 0) is 0 Å². The Morgan fingerprint density at radius 3 is 2.74 bits per heavy atom. The summed E-state index contributed by atoms with van der Waals surface area (Å²) in [4.78, 5) is 13.7. The molecule has 0 aliphatic heterocycles. The molecule has 0 radical (unpaired) electrons. The van der Waals surface area contributed by atoms with Gasteiger partial charge in [0.2, 0.25) is 0 Å². The van der Waals surface area contributed by atoms with Crippen LogP contribution in [0.2, 0.25) is 0 Å². The highest BCUT2D eigenvalue weighted by molar-refractivity contribution is 9.10. The zero-order valence-corrected chi connectivity index (χ0v) is 14.4. The van der Waals surface area contributed by atoms with Gasteiger partial charge in [0.05, 0.1) is 19.8 Å². The first-order valence-electron chi connectivity index (χ1n) is 6.94. The molecule has 0 spiro atoms. The monoisotopic (exact) mass is 381 g/mol. The maximum atomic E-state index is 13.4. The smallest absolute Gasteiger partial charge is 0.253 e. The summed E-state index contributed by atoms with van der Waals surface area (Å²) in [6, 6.07) is 11.0. The number of aliphatic hydroxyl groups excluding tert-OH is 1. The summed E-state index contributed by atoms with van der Waals surface area (Å²) in [5, 5.41) is 10.3. The van der Waals surface area contributed by atoms with Gasteiger partial charge in [-0.2, -0.15) is 0 Å². The van der Waals surface area contributed by atoms with Crippen LogP contribution < -0.4 is 4.74 Å². The van der Waals surface area contributed by atoms with E-state index >= 15 is 0 Å². The highest BCUT2D eigenvalue weighted by Crippen LogP contribution is 2.21. The third-order valence-corrected chi connectivity index (χ3v) is 3.84. The lowest BCUT2D eigenvalue weighted by molar-refractivity contribution is 0.0680. The van der Waals surface area contributed by atoms with E-state index in [1.54, 1.807) is 44.5 Å². The lowest BCUT2D eigenvalue weighted by atomic mass is 10.1. The Balaban J connectivity index is 2.10. The van der Waals surface area contributed by atoms with E-state index in [2.05, 4.69) is 15.9 Å². The van der Waals surface area contributed by atoms with E-state index in [1.165, 1.54) is 17.0 Å². The summed E-state index contributed by atoms with van der Waals surface area (Å²) in [6.45, 7) is 0.0835. The summed E-state index contributed by atoms with van der Waals surface area (Å²) in [7, 11) is 3.10. The van der Waals surface area contributed by atoms with Crippen molar-refractivity contribution in [1.82, 2.24) is 4.90 Å². The van der Waals surface area contributed by atoms with Gasteiger partial charge >= 0.3 is 0 Å². The van der Waals surface area contributed by atoms with Crippen molar-refractivity contribution in [3.05, 3.63) is 63.9 Å². The molecule has 122 valence electrons. The number of aliphatic hydroxyl groups is 1. The molecule has 1 atom stereocenters. The zero-order valence-electron chi connectivity index (χ0n) is 12.8. The van der Waals surface area contributed by atoms with Crippen molar-refractivity contribution < 1.29 is 19.0 Å². The molecule has 2 aromatic rings. The molecule has 0 fully saturated rings. The molecule has 0 aliphatic rings. The SMILES string of the molecule is COc1cccc(C(O)CN(C)C(=O)c2cc(F)cc(Br)c2)c1. The van der Waals surface area contributed by atoms with E-state index in [0.717, 1.165) is 0 Å². The minimum absolute atomic E-state index is 0.0835. The average molecular weight is 382 g/mol. The van der Waals surface area contributed by atoms with Crippen LogP contribution in [0.5, 0.6) is 5.75 Å². The summed E-state index contributed by atoms with van der Waals surface area (Å²) in [5.41, 5.74) is 0.863. The zero-order chi connectivity index (χ0) is 17.0. The third kappa shape index (κ3) is 4.53. The van der Waals surface area contributed by atoms with E-state index in [-0.39, 0.29) is 18.0 Å². The summed E-state index contributed by atoms with van der Waals surface area (Å²) in [6.07, 6.45) is -0.865. The number of methoxy groups -OCH3 is 1. The van der Waals surface area contributed by atoms with Crippen LogP contribution in [0.4, 0.5) is 4.39 Å². The van der Waals surface area contributed by atoms with Crippen LogP contribution in [0.3, 0.4) is 0 Å². The second kappa shape index (κ2) is 7.57. The first-order valence-corrected chi connectivity index (χ1v) is 7.73. The molecule has 23 heavy (non-hydrogen) atoms. The number of amides is 1. The van der Waals surface area contributed by atoms with Gasteiger partial charge in [-0.25, -0.2) is 4.39 Å². The van der Waals surface area contributed by atoms with Gasteiger partial charge < -0.3 is 14.7 Å². The fraction of sp³-hybridized carbons (Fsp3) is 0.235. The van der Waals surface area contributed by atoms with Crippen LogP contribution in [0, 0.1) is 5.82 Å². The second-order valence-corrected chi connectivity index (χ2v) is 6.05. The first-order chi connectivity index (χ1) is 10.9. The topological polar surface area (TPSA) is 49.8 Å². The number of rotatable bonds is 5. The number of halogens is 2. The van der Waals surface area contributed by atoms with Gasteiger partial charge in [0.25, 0.3) is 5.91 Å². The lowest BCUT2D eigenvalue weighted by Gasteiger charge is -2.21. The third-order valence-electron chi connectivity index (χ3n) is 3.38. The fourth-order valence-electron chi connectivity index (χ4n) is 2.19. The van der Waals surface area contributed by atoms with E-state index in [4.69, 9.17) is 4.74 Å². The van der Waals surface area contributed by atoms with Gasteiger partial charge in [0.1, 0.15) is 11.6 Å². The second-order valence-electron chi connectivity index (χ2n) is 5.14. The molecule has 0 heterocycles. The van der Waals surface area contributed by atoms with Crippen molar-refractivity contribution in [2.45, 2.75) is 6.10 Å². The van der Waals surface area contributed by atoms with E-state index in [9.17, 15) is 14.3 Å². The van der Waals surface area contributed by atoms with Crippen molar-refractivity contribution in [1.29, 1.82) is 0 Å². The largest absolute Gasteiger partial charge is 0.497 e. The quantitative estimate of drug-likeness (QED) is 0.863. The molecule has 1 N–H and O–H groups in total. The molecule has 0 aliphatic carbocycles. The van der Waals surface area contributed by atoms with Gasteiger partial charge in [-0.15, -0.1) is 0 Å². The van der Waals surface area contributed by atoms with Gasteiger partial charge in [-0.1, -0.05) is 28.1 Å². The van der Waals surface area contributed by atoms with Crippen molar-refractivity contribution in [3.63, 3.8) is 0 Å². The van der Waals surface area contributed by atoms with Gasteiger partial charge in [-0.05, 0) is 35.9 Å². The normalized spacial score (nSPS) is 11.9. The fourth-order valence-corrected chi connectivity index (χ4v) is 2.66. The maximum Gasteiger partial charge on any atom is 0.253 e. The molecule has 1 unspecified atom stereocenters. The number of ether oxygens (including phenoxy) is 1. The number of benzene rings is 2. The molecular weight excluding hydrogens is 365 g/mol. The van der Waals surface area contributed by atoms with Crippen LogP contribution in [0.1, 0.15) is 22.0 Å². The first kappa shape index (κ1) is 17.4. The van der Waals surface area contributed by atoms with Gasteiger partial charge in [0.15, 0.2) is 0 Å². The Kier molecular flexibility index (Phi) is 5.74. The number of nitrogens with zero attached hydrogens (tertiary/aromatic N) is 1. The molecule has 4 nitrogen and oxygen atoms in total. The average Bonchev–Trinajstić information content (AvgIpc) is 2.53. The number of carbonyl (C=O) groups is 1. The van der Waals surface area contributed by atoms with Crippen molar-refractivity contribution in [2.75, 3.05) is 20.7 Å². The van der Waals surface area contributed by atoms with Crippen molar-refractivity contribution in [2.24, 2.45) is 0 Å². The molecule has 0 saturated carbocycles. The van der Waals surface area contributed by atoms with Crippen LogP contribution in [-0.4, -0.2) is 36.6 Å². The van der Waals surface area contributed by atoms with Crippen molar-refractivity contribution >= 4 is 21.8 Å². The van der Waals surface area contributed by atoms with Crippen molar-refractivity contribution in [3.8, 4) is 5.75 Å². The lowest BCUT2D eigenvalue weighted by Crippen LogP contribution is -2.31. The van der Waals surface area contributed by atoms with Crippen LogP contribution in [0.15, 0.2) is 46.9 Å². The Bertz CT molecular complexity index is 688. The Morgan fingerprint density at radius 1 is 1.35 bits per heavy atom. The molecule has 1 amide bonds. The van der Waals surface area contributed by atoms with E-state index < -0.39 is 11.9 Å². The van der Waals surface area contributed by atoms with Gasteiger partial charge in [0, 0.05) is 17.1 Å². The highest BCUT2D eigenvalue weighted by atomic mass is 79.9. The molecule has 0 aromatic heterocycles. The number of hydrogen-bond donors (Lipinski definition) is 1. The minimum Gasteiger partial charge on any atom is -0.497 e. The molecule has 0 bridgehead atoms. The molecule has 2 aromatic carbocycles. The summed E-state index contributed by atoms with van der Waals surface area (Å²) < 4.78 is 19.0. The Morgan fingerprint density at radius 2 is 2.09 bits per heavy atom.